The lowest BCUT2D eigenvalue weighted by Crippen LogP contribution is -3.00. The van der Waals surface area contributed by atoms with E-state index < -0.39 is 0 Å². The topological polar surface area (TPSA) is 50.5 Å². The number of carbonyl (C=O) groups excluding carboxylic acids is 2. The zero-order chi connectivity index (χ0) is 30.7. The van der Waals surface area contributed by atoms with E-state index in [2.05, 4.69) is 6.92 Å². The number of pyridine rings is 1. The molecule has 3 aromatic rings. The van der Waals surface area contributed by atoms with E-state index in [1.807, 2.05) is 73.3 Å². The normalized spacial score (nSPS) is 10.7. The minimum absolute atomic E-state index is 0. The molecule has 0 aliphatic rings. The van der Waals surface area contributed by atoms with Gasteiger partial charge in [-0.05, 0) is 49.2 Å². The number of aryl methyl sites for hydroxylation is 2. The molecule has 44 heavy (non-hydrogen) atoms. The van der Waals surface area contributed by atoms with Crippen molar-refractivity contribution >= 4 is 11.8 Å². The van der Waals surface area contributed by atoms with Crippen LogP contribution in [0.4, 0.5) is 0 Å². The van der Waals surface area contributed by atoms with E-state index in [-0.39, 0.29) is 42.3 Å². The molecular weight excluding hydrogens is 659 g/mol. The number of unbranched alkanes of at least 4 members (excludes halogenated alkanes) is 13. The lowest BCUT2D eigenvalue weighted by molar-refractivity contribution is -0.679. The molecule has 0 N–H and O–H groups in total. The van der Waals surface area contributed by atoms with Crippen LogP contribution in [0.25, 0.3) is 0 Å². The number of carbonyl (C=O) groups is 2. The summed E-state index contributed by atoms with van der Waals surface area (Å²) in [6.07, 6.45) is 20.6. The lowest BCUT2D eigenvalue weighted by Gasteiger charge is -2.21. The van der Waals surface area contributed by atoms with E-state index in [0.29, 0.717) is 17.7 Å². The van der Waals surface area contributed by atoms with E-state index in [4.69, 9.17) is 4.74 Å². The molecule has 0 aliphatic heterocycles. The van der Waals surface area contributed by atoms with E-state index in [1.165, 1.54) is 88.4 Å². The molecule has 240 valence electrons. The second kappa shape index (κ2) is 21.9. The zero-order valence-electron chi connectivity index (χ0n) is 27.2. The zero-order valence-corrected chi connectivity index (χ0v) is 29.4. The highest BCUT2D eigenvalue weighted by Crippen LogP contribution is 2.21. The van der Waals surface area contributed by atoms with E-state index in [0.717, 1.165) is 23.4 Å². The standard InChI is InChI=1S/C38H53N2O3.HI/c1-4-5-6-7-8-9-10-11-12-13-14-15-16-22-29-43-35-26-27-36(32(2)30-35)38(42)40(31-34-25-20-21-28-39(34)3)37(41)33-23-18-17-19-24-33;/h17-21,23-28,30H,4-16,22,29,31H2,1-3H3;1H/q+1;/p-1. The van der Waals surface area contributed by atoms with Crippen molar-refractivity contribution in [2.45, 2.75) is 110 Å². The van der Waals surface area contributed by atoms with Crippen LogP contribution in [0.1, 0.15) is 129 Å². The van der Waals surface area contributed by atoms with Gasteiger partial charge in [-0.2, -0.15) is 0 Å². The first kappa shape index (κ1) is 37.4. The number of benzene rings is 2. The SMILES string of the molecule is CCCCCCCCCCCCCCCCOc1ccc(C(=O)N(Cc2cccc[n+]2C)C(=O)c2ccccc2)c(C)c1.[I-]. The smallest absolute Gasteiger partial charge is 0.261 e. The molecule has 0 atom stereocenters. The Morgan fingerprint density at radius 3 is 1.84 bits per heavy atom. The third kappa shape index (κ3) is 13.1. The number of ether oxygens (including phenoxy) is 1. The molecule has 1 heterocycles. The molecule has 0 aliphatic carbocycles. The second-order valence-corrected chi connectivity index (χ2v) is 11.8. The van der Waals surface area contributed by atoms with Crippen LogP contribution in [0.5, 0.6) is 5.75 Å². The number of rotatable bonds is 20. The van der Waals surface area contributed by atoms with Gasteiger partial charge >= 0.3 is 0 Å². The van der Waals surface area contributed by atoms with Gasteiger partial charge in [0.05, 0.1) is 6.61 Å². The van der Waals surface area contributed by atoms with Crippen LogP contribution in [-0.4, -0.2) is 23.3 Å². The fraction of sp³-hybridized carbons (Fsp3) is 0.500. The van der Waals surface area contributed by atoms with Gasteiger partial charge in [-0.3, -0.25) is 14.5 Å². The summed E-state index contributed by atoms with van der Waals surface area (Å²) < 4.78 is 7.95. The Bertz CT molecular complexity index is 1250. The van der Waals surface area contributed by atoms with Gasteiger partial charge in [-0.25, -0.2) is 4.57 Å². The van der Waals surface area contributed by atoms with Gasteiger partial charge in [0.1, 0.15) is 19.3 Å². The van der Waals surface area contributed by atoms with E-state index in [9.17, 15) is 9.59 Å². The maximum Gasteiger partial charge on any atom is 0.261 e. The van der Waals surface area contributed by atoms with Crippen LogP contribution in [0, 0.1) is 6.92 Å². The Kier molecular flexibility index (Phi) is 18.6. The minimum Gasteiger partial charge on any atom is -1.00 e. The Balaban J connectivity index is 0.00000675. The van der Waals surface area contributed by atoms with Crippen LogP contribution in [-0.2, 0) is 13.6 Å². The summed E-state index contributed by atoms with van der Waals surface area (Å²) in [7, 11) is 1.92. The van der Waals surface area contributed by atoms with Gasteiger partial charge in [0.15, 0.2) is 6.20 Å². The minimum atomic E-state index is -0.313. The number of nitrogens with zero attached hydrogens (tertiary/aromatic N) is 2. The second-order valence-electron chi connectivity index (χ2n) is 11.8. The van der Waals surface area contributed by atoms with Gasteiger partial charge < -0.3 is 28.7 Å². The highest BCUT2D eigenvalue weighted by atomic mass is 127. The van der Waals surface area contributed by atoms with Crippen LogP contribution >= 0.6 is 0 Å². The van der Waals surface area contributed by atoms with Crippen LogP contribution in [0.2, 0.25) is 0 Å². The third-order valence-electron chi connectivity index (χ3n) is 8.19. The number of imide groups is 1. The van der Waals surface area contributed by atoms with Gasteiger partial charge in [-0.1, -0.05) is 115 Å². The van der Waals surface area contributed by atoms with Crippen molar-refractivity contribution in [3.8, 4) is 5.75 Å². The number of halogens is 1. The largest absolute Gasteiger partial charge is 1.00 e. The highest BCUT2D eigenvalue weighted by molar-refractivity contribution is 6.10. The first-order chi connectivity index (χ1) is 21.0. The van der Waals surface area contributed by atoms with Crippen molar-refractivity contribution in [3.05, 3.63) is 95.3 Å². The van der Waals surface area contributed by atoms with E-state index in [1.54, 1.807) is 18.2 Å². The van der Waals surface area contributed by atoms with Crippen LogP contribution in [0.15, 0.2) is 72.9 Å². The highest BCUT2D eigenvalue weighted by Gasteiger charge is 2.28. The first-order valence-corrected chi connectivity index (χ1v) is 16.6. The van der Waals surface area contributed by atoms with Gasteiger partial charge in [0.2, 0.25) is 5.69 Å². The Labute approximate surface area is 283 Å². The van der Waals surface area contributed by atoms with Crippen molar-refractivity contribution in [2.24, 2.45) is 7.05 Å². The van der Waals surface area contributed by atoms with E-state index >= 15 is 0 Å². The average molecular weight is 713 g/mol. The summed E-state index contributed by atoms with van der Waals surface area (Å²) in [6.45, 7) is 5.03. The maximum absolute atomic E-state index is 13.8. The van der Waals surface area contributed by atoms with Crippen molar-refractivity contribution < 1.29 is 42.9 Å². The van der Waals surface area contributed by atoms with Crippen molar-refractivity contribution in [1.82, 2.24) is 4.90 Å². The molecule has 0 radical (unpaired) electrons. The molecular formula is C38H53IN2O3. The predicted molar refractivity (Wildman–Crippen MR) is 175 cm³/mol. The first-order valence-electron chi connectivity index (χ1n) is 16.6. The summed E-state index contributed by atoms with van der Waals surface area (Å²) in [5.41, 5.74) is 2.66. The molecule has 3 rings (SSSR count). The summed E-state index contributed by atoms with van der Waals surface area (Å²) in [5.74, 6) is 0.139. The molecule has 0 unspecified atom stereocenters. The monoisotopic (exact) mass is 712 g/mol. The molecule has 0 fully saturated rings. The molecule has 2 aromatic carbocycles. The predicted octanol–water partition coefficient (Wildman–Crippen LogP) is 6.17. The van der Waals surface area contributed by atoms with Gasteiger partial charge in [-0.15, -0.1) is 0 Å². The van der Waals surface area contributed by atoms with Crippen molar-refractivity contribution in [3.63, 3.8) is 0 Å². The van der Waals surface area contributed by atoms with Gasteiger partial charge in [0, 0.05) is 23.3 Å². The molecule has 2 amide bonds. The lowest BCUT2D eigenvalue weighted by atomic mass is 10.0. The fourth-order valence-electron chi connectivity index (χ4n) is 5.46. The summed E-state index contributed by atoms with van der Waals surface area (Å²) >= 11 is 0. The number of hydrogen-bond acceptors (Lipinski definition) is 3. The van der Waals surface area contributed by atoms with Crippen molar-refractivity contribution in [2.75, 3.05) is 6.61 Å². The Morgan fingerprint density at radius 2 is 1.27 bits per heavy atom. The average Bonchev–Trinajstić information content (AvgIpc) is 3.02. The number of amides is 2. The number of aromatic nitrogens is 1. The van der Waals surface area contributed by atoms with Crippen LogP contribution < -0.4 is 33.3 Å². The molecule has 0 bridgehead atoms. The quantitative estimate of drug-likeness (QED) is 0.0611. The van der Waals surface area contributed by atoms with Crippen LogP contribution in [0.3, 0.4) is 0 Å². The van der Waals surface area contributed by atoms with Crippen molar-refractivity contribution in [1.29, 1.82) is 0 Å². The molecule has 0 saturated carbocycles. The molecule has 0 spiro atoms. The Hall–Kier alpha value is -2.74. The molecule has 6 heteroatoms. The molecule has 1 aromatic heterocycles. The summed E-state index contributed by atoms with van der Waals surface area (Å²) in [4.78, 5) is 28.6. The maximum atomic E-state index is 13.8. The number of hydrogen-bond donors (Lipinski definition) is 0. The summed E-state index contributed by atoms with van der Waals surface area (Å²) in [5, 5.41) is 0. The molecule has 5 nitrogen and oxygen atoms in total. The third-order valence-corrected chi connectivity index (χ3v) is 8.19. The summed E-state index contributed by atoms with van der Waals surface area (Å²) in [6, 6.07) is 20.3. The van der Waals surface area contributed by atoms with Gasteiger partial charge in [0.25, 0.3) is 11.8 Å². The molecule has 0 saturated heterocycles. The Morgan fingerprint density at radius 1 is 0.705 bits per heavy atom. The fourth-order valence-corrected chi connectivity index (χ4v) is 5.46.